The van der Waals surface area contributed by atoms with Crippen molar-refractivity contribution in [1.82, 2.24) is 90.2 Å². The van der Waals surface area contributed by atoms with E-state index in [1.807, 2.05) is 140 Å². The van der Waals surface area contributed by atoms with Gasteiger partial charge in [-0.3, -0.25) is 49.7 Å². The van der Waals surface area contributed by atoms with Gasteiger partial charge >= 0.3 is 0 Å². The van der Waals surface area contributed by atoms with Crippen LogP contribution in [-0.2, 0) is 19.4 Å². The Morgan fingerprint density at radius 3 is 1.17 bits per heavy atom. The van der Waals surface area contributed by atoms with Gasteiger partial charge < -0.3 is 0 Å². The van der Waals surface area contributed by atoms with Gasteiger partial charge in [-0.25, -0.2) is 45.3 Å². The molecule has 0 saturated heterocycles. The number of benzene rings is 5. The zero-order valence-electron chi connectivity index (χ0n) is 88.0. The third-order valence-corrected chi connectivity index (χ3v) is 22.4. The van der Waals surface area contributed by atoms with Crippen LogP contribution in [0.4, 0.5) is 0 Å². The molecule has 16 aromatic rings. The number of rotatable bonds is 13. The minimum Gasteiger partial charge on any atom is -0.277 e. The van der Waals surface area contributed by atoms with Gasteiger partial charge in [-0.1, -0.05) is 313 Å². The molecule has 732 valence electrons. The summed E-state index contributed by atoms with van der Waals surface area (Å²) in [7, 11) is 1.75. The summed E-state index contributed by atoms with van der Waals surface area (Å²) in [6.07, 6.45) is 35.3. The number of nitrogens with zero attached hydrogens (tertiary/aromatic N) is 17. The highest BCUT2D eigenvalue weighted by Gasteiger charge is 2.22. The van der Waals surface area contributed by atoms with Gasteiger partial charge in [0.25, 0.3) is 5.91 Å². The standard InChI is InChI=1S/C13H18.C12H16N2O.C12H13N.2C10H11N3.2C9H12.3C8H11N.3C7H10N2/c1-10(2)12-8-7-11-5-3-4-6-13(11)9-12;1-8(2)9-4-5-11-10(6-9)7-13-14(3)12(11)15;1-9(2)11-8-7-10-5-3-4-6-12(10)13-11;1-7(2)8-5-9-10(13-6-8)12-4-3-11-9;1-7(2)8-3-4-9-10(13-8)12-6-5-11-9;2*1-8(2)9-6-4-3-5-7-9;1-7(2)8-4-3-5-9-6-8;2*1-7(2)8-5-3-4-6-9-8;1-6(2)7-3-8-5-9-4-7;1-6(2)7-5-8-3-4-9-7;1-6(2)7-8-4-3-5-9-7/h7-10H,3-6H2,1-2H3;4-6,8,13H,7H2,1-3H3;3-9H,1-2H3;2*3-7H,1-2H3;2*3-8H,1-2H3;3*3-7H,1-2H3;3*3-6H,1-2H3. The number of carbonyl (C=O) groups excluding carboxylic acids is 1. The Kier molecular flexibility index (Phi) is 52.0. The predicted molar refractivity (Wildman–Crippen MR) is 580 cm³/mol. The van der Waals surface area contributed by atoms with Crippen LogP contribution in [-0.4, -0.2) is 97.7 Å². The molecule has 19 heteroatoms. The maximum atomic E-state index is 11.8. The molecule has 1 aliphatic carbocycles. The van der Waals surface area contributed by atoms with Gasteiger partial charge in [-0.15, -0.1) is 0 Å². The molecule has 0 fully saturated rings. The number of nitrogens with one attached hydrogen (secondary N) is 1. The number of para-hydroxylation sites is 1. The molecule has 0 spiro atoms. The molecule has 0 radical (unpaired) electrons. The van der Waals surface area contributed by atoms with Crippen LogP contribution in [0.25, 0.3) is 33.2 Å². The van der Waals surface area contributed by atoms with E-state index in [1.54, 1.807) is 86.5 Å². The van der Waals surface area contributed by atoms with Crippen molar-refractivity contribution in [1.29, 1.82) is 0 Å². The molecule has 0 atom stereocenters. The van der Waals surface area contributed by atoms with Gasteiger partial charge in [0.2, 0.25) is 0 Å². The average molecular weight is 1870 g/mol. The lowest BCUT2D eigenvalue weighted by atomic mass is 9.88. The number of hydrogen-bond acceptors (Lipinski definition) is 18. The second kappa shape index (κ2) is 63.2. The Balaban J connectivity index is 0.000000232. The monoisotopic (exact) mass is 1870 g/mol. The van der Waals surface area contributed by atoms with E-state index in [9.17, 15) is 4.79 Å². The number of aromatic nitrogens is 16. The number of fused-ring (bicyclic) bond motifs is 5. The number of pyridine rings is 6. The molecule has 1 amide bonds. The number of aryl methyl sites for hydroxylation is 2. The van der Waals surface area contributed by atoms with E-state index in [4.69, 9.17) is 0 Å². The molecular weight excluding hydrogens is 1710 g/mol. The van der Waals surface area contributed by atoms with E-state index < -0.39 is 0 Å². The van der Waals surface area contributed by atoms with Gasteiger partial charge in [-0.2, -0.15) is 0 Å². The fourth-order valence-electron chi connectivity index (χ4n) is 13.3. The Bertz CT molecular complexity index is 5270. The summed E-state index contributed by atoms with van der Waals surface area (Å²) in [5.41, 5.74) is 27.3. The molecule has 1 aliphatic heterocycles. The summed E-state index contributed by atoms with van der Waals surface area (Å²) in [5, 5.41) is 2.75. The Morgan fingerprint density at radius 1 is 0.259 bits per heavy atom. The first-order valence-electron chi connectivity index (χ1n) is 49.5. The lowest BCUT2D eigenvalue weighted by Gasteiger charge is -2.26. The van der Waals surface area contributed by atoms with Crippen LogP contribution in [0.3, 0.4) is 0 Å². The topological polar surface area (TPSA) is 239 Å². The number of hydrazine groups is 1. The van der Waals surface area contributed by atoms with Crippen LogP contribution in [0.2, 0.25) is 0 Å². The lowest BCUT2D eigenvalue weighted by molar-refractivity contribution is 0.0685. The molecule has 0 saturated carbocycles. The van der Waals surface area contributed by atoms with Crippen LogP contribution >= 0.6 is 0 Å². The van der Waals surface area contributed by atoms with E-state index >= 15 is 0 Å². The van der Waals surface area contributed by atoms with Gasteiger partial charge in [0.1, 0.15) is 23.2 Å². The molecule has 0 unspecified atom stereocenters. The van der Waals surface area contributed by atoms with Crippen molar-refractivity contribution in [3.63, 3.8) is 0 Å². The van der Waals surface area contributed by atoms with Crippen molar-refractivity contribution < 1.29 is 4.79 Å². The van der Waals surface area contributed by atoms with Crippen molar-refractivity contribution >= 4 is 39.1 Å². The molecule has 11 aromatic heterocycles. The van der Waals surface area contributed by atoms with Crippen LogP contribution in [0.5, 0.6) is 0 Å². The molecule has 2 aliphatic rings. The zero-order chi connectivity index (χ0) is 102. The highest BCUT2D eigenvalue weighted by Crippen LogP contribution is 2.28. The van der Waals surface area contributed by atoms with E-state index in [0.29, 0.717) is 82.6 Å². The van der Waals surface area contributed by atoms with E-state index in [-0.39, 0.29) is 5.91 Å². The zero-order valence-corrected chi connectivity index (χ0v) is 88.0. The Labute approximate surface area is 832 Å². The predicted octanol–water partition coefficient (Wildman–Crippen LogP) is 30.3. The van der Waals surface area contributed by atoms with Crippen LogP contribution < -0.4 is 5.43 Å². The highest BCUT2D eigenvalue weighted by molar-refractivity contribution is 5.96. The summed E-state index contributed by atoms with van der Waals surface area (Å²) in [6.45, 7) is 56.7. The third-order valence-electron chi connectivity index (χ3n) is 22.4. The normalized spacial score (nSPS) is 11.5. The van der Waals surface area contributed by atoms with E-state index in [0.717, 1.165) is 68.5 Å². The highest BCUT2D eigenvalue weighted by atomic mass is 16.2. The van der Waals surface area contributed by atoms with Gasteiger partial charge in [-0.05, 0) is 225 Å². The largest absolute Gasteiger partial charge is 0.277 e. The van der Waals surface area contributed by atoms with Crippen LogP contribution in [0, 0.1) is 0 Å². The van der Waals surface area contributed by atoms with Crippen molar-refractivity contribution in [2.24, 2.45) is 0 Å². The lowest BCUT2D eigenvalue weighted by Crippen LogP contribution is -2.43. The summed E-state index contributed by atoms with van der Waals surface area (Å²) >= 11 is 0. The maximum Gasteiger partial charge on any atom is 0.268 e. The van der Waals surface area contributed by atoms with Crippen LogP contribution in [0.15, 0.2) is 312 Å². The summed E-state index contributed by atoms with van der Waals surface area (Å²) in [5.74, 6) is 8.03. The molecule has 19 nitrogen and oxygen atoms in total. The third kappa shape index (κ3) is 43.0. The Hall–Kier alpha value is -13.4. The van der Waals surface area contributed by atoms with Gasteiger partial charge in [0.05, 0.1) is 11.2 Å². The molecule has 139 heavy (non-hydrogen) atoms. The van der Waals surface area contributed by atoms with Crippen molar-refractivity contribution in [2.75, 3.05) is 7.05 Å². The second-order valence-electron chi connectivity index (χ2n) is 38.1. The fraction of sp³-hybridized carbons (Fsp3) is 0.375. The SMILES string of the molecule is CC(C)c1ccc2c(c1)CCCC2.CC(C)c1ccc2c(c1)CNN(C)C2=O.CC(C)c1ccc2ccccc2n1.CC(C)c1ccc2nccnc2n1.CC(C)c1ccccc1.CC(C)c1ccccc1.CC(C)c1ccccn1.CC(C)c1ccccn1.CC(C)c1cccnc1.CC(C)c1cnc2nccnc2c1.CC(C)c1cnccn1.CC(C)c1cncnc1.CC(C)c1ncccn1. The van der Waals surface area contributed by atoms with Gasteiger partial charge in [0, 0.05) is 152 Å². The average Bonchev–Trinajstić information content (AvgIpc) is 0.795. The first kappa shape index (κ1) is 114. The minimum absolute atomic E-state index is 0.0477. The minimum atomic E-state index is 0.0477. The van der Waals surface area contributed by atoms with Crippen LogP contribution in [0.1, 0.15) is 370 Å². The summed E-state index contributed by atoms with van der Waals surface area (Å²) in [4.78, 5) is 77.9. The molecule has 12 heterocycles. The van der Waals surface area contributed by atoms with Crippen molar-refractivity contribution in [3.05, 3.63) is 407 Å². The molecule has 0 bridgehead atoms. The number of hydrogen-bond donors (Lipinski definition) is 1. The second-order valence-corrected chi connectivity index (χ2v) is 38.1. The van der Waals surface area contributed by atoms with Gasteiger partial charge in [0.15, 0.2) is 11.3 Å². The molecule has 1 N–H and O–H groups in total. The molecular formula is C120H156N18O. The Morgan fingerprint density at radius 2 is 0.705 bits per heavy atom. The summed E-state index contributed by atoms with van der Waals surface area (Å²) in [6, 6.07) is 70.5. The van der Waals surface area contributed by atoms with Crippen molar-refractivity contribution in [3.8, 4) is 0 Å². The first-order chi connectivity index (χ1) is 66.6. The molecule has 5 aromatic carbocycles. The quantitative estimate of drug-likeness (QED) is 0.113. The first-order valence-corrected chi connectivity index (χ1v) is 49.5. The van der Waals surface area contributed by atoms with E-state index in [2.05, 4.69) is 368 Å². The fourth-order valence-corrected chi connectivity index (χ4v) is 13.3. The van der Waals surface area contributed by atoms with Crippen molar-refractivity contribution in [2.45, 2.75) is 289 Å². The maximum absolute atomic E-state index is 11.8. The smallest absolute Gasteiger partial charge is 0.268 e. The molecule has 18 rings (SSSR count). The summed E-state index contributed by atoms with van der Waals surface area (Å²) < 4.78 is 0. The van der Waals surface area contributed by atoms with E-state index in [1.165, 1.54) is 80.7 Å². The number of amides is 1. The number of carbonyl (C=O) groups is 1.